The van der Waals surface area contributed by atoms with E-state index in [1.54, 1.807) is 25.4 Å². The van der Waals surface area contributed by atoms with Crippen molar-refractivity contribution in [3.05, 3.63) is 23.4 Å². The standard InChI is InChI=1S/C9H11ClN2O2S/c1-11-7(9(13)14)5-15-8-6(10)3-2-4-12-8/h2-4,7,11H,5H2,1H3,(H,13,14). The van der Waals surface area contributed by atoms with Crippen LogP contribution in [0.4, 0.5) is 0 Å². The van der Waals surface area contributed by atoms with Crippen molar-refractivity contribution in [2.24, 2.45) is 0 Å². The third-order valence-corrected chi connectivity index (χ3v) is 3.27. The van der Waals surface area contributed by atoms with Crippen molar-refractivity contribution in [1.29, 1.82) is 0 Å². The first kappa shape index (κ1) is 12.3. The highest BCUT2D eigenvalue weighted by molar-refractivity contribution is 7.99. The fourth-order valence-electron chi connectivity index (χ4n) is 0.918. The number of hydrogen-bond acceptors (Lipinski definition) is 4. The Labute approximate surface area is 97.0 Å². The second-order valence-electron chi connectivity index (χ2n) is 2.78. The molecule has 1 heterocycles. The van der Waals surface area contributed by atoms with Crippen LogP contribution in [0.15, 0.2) is 23.4 Å². The minimum atomic E-state index is -0.878. The maximum atomic E-state index is 10.7. The lowest BCUT2D eigenvalue weighted by Gasteiger charge is -2.10. The molecule has 1 atom stereocenters. The molecule has 1 rings (SSSR count). The van der Waals surface area contributed by atoms with Crippen molar-refractivity contribution < 1.29 is 9.90 Å². The van der Waals surface area contributed by atoms with Crippen molar-refractivity contribution in [1.82, 2.24) is 10.3 Å². The summed E-state index contributed by atoms with van der Waals surface area (Å²) in [6, 6.07) is 2.87. The van der Waals surface area contributed by atoms with Gasteiger partial charge in [0.25, 0.3) is 0 Å². The second kappa shape index (κ2) is 5.95. The molecule has 0 fully saturated rings. The molecule has 0 aliphatic rings. The second-order valence-corrected chi connectivity index (χ2v) is 4.20. The lowest BCUT2D eigenvalue weighted by atomic mass is 10.3. The molecule has 0 bridgehead atoms. The van der Waals surface area contributed by atoms with Gasteiger partial charge in [-0.15, -0.1) is 11.8 Å². The Morgan fingerprint density at radius 2 is 2.53 bits per heavy atom. The molecular formula is C9H11ClN2O2S. The Morgan fingerprint density at radius 3 is 3.07 bits per heavy atom. The van der Waals surface area contributed by atoms with Crippen LogP contribution in [0.25, 0.3) is 0 Å². The van der Waals surface area contributed by atoms with E-state index in [0.717, 1.165) is 0 Å². The number of rotatable bonds is 5. The van der Waals surface area contributed by atoms with Gasteiger partial charge in [-0.05, 0) is 19.2 Å². The summed E-state index contributed by atoms with van der Waals surface area (Å²) in [6.45, 7) is 0. The Bertz CT molecular complexity index is 349. The summed E-state index contributed by atoms with van der Waals surface area (Å²) in [5.41, 5.74) is 0. The van der Waals surface area contributed by atoms with Crippen LogP contribution in [0.5, 0.6) is 0 Å². The minimum Gasteiger partial charge on any atom is -0.480 e. The van der Waals surface area contributed by atoms with E-state index in [-0.39, 0.29) is 0 Å². The summed E-state index contributed by atoms with van der Waals surface area (Å²) >= 11 is 7.20. The summed E-state index contributed by atoms with van der Waals surface area (Å²) in [4.78, 5) is 14.8. The summed E-state index contributed by atoms with van der Waals surface area (Å²) in [6.07, 6.45) is 1.63. The molecule has 0 aliphatic carbocycles. The highest BCUT2D eigenvalue weighted by atomic mass is 35.5. The third-order valence-electron chi connectivity index (χ3n) is 1.76. The van der Waals surface area contributed by atoms with Crippen LogP contribution < -0.4 is 5.32 Å². The van der Waals surface area contributed by atoms with Gasteiger partial charge in [-0.25, -0.2) is 4.98 Å². The summed E-state index contributed by atoms with van der Waals surface area (Å²) < 4.78 is 0. The molecule has 0 spiro atoms. The van der Waals surface area contributed by atoms with E-state index in [9.17, 15) is 4.79 Å². The predicted octanol–water partition coefficient (Wildman–Crippen LogP) is 1.50. The number of pyridine rings is 1. The lowest BCUT2D eigenvalue weighted by Crippen LogP contribution is -2.35. The highest BCUT2D eigenvalue weighted by Crippen LogP contribution is 2.24. The zero-order valence-corrected chi connectivity index (χ0v) is 9.68. The predicted molar refractivity (Wildman–Crippen MR) is 60.5 cm³/mol. The molecule has 4 nitrogen and oxygen atoms in total. The fraction of sp³-hybridized carbons (Fsp3) is 0.333. The van der Waals surface area contributed by atoms with E-state index >= 15 is 0 Å². The van der Waals surface area contributed by atoms with E-state index < -0.39 is 12.0 Å². The van der Waals surface area contributed by atoms with E-state index in [1.165, 1.54) is 11.8 Å². The lowest BCUT2D eigenvalue weighted by molar-refractivity contribution is -0.138. The maximum Gasteiger partial charge on any atom is 0.321 e. The van der Waals surface area contributed by atoms with Crippen molar-refractivity contribution in [3.63, 3.8) is 0 Å². The molecule has 0 saturated carbocycles. The number of likely N-dealkylation sites (N-methyl/N-ethyl adjacent to an activating group) is 1. The monoisotopic (exact) mass is 246 g/mol. The van der Waals surface area contributed by atoms with Gasteiger partial charge in [0, 0.05) is 11.9 Å². The number of hydrogen-bond donors (Lipinski definition) is 2. The SMILES string of the molecule is CNC(CSc1ncccc1Cl)C(=O)O. The van der Waals surface area contributed by atoms with E-state index in [1.807, 2.05) is 0 Å². The van der Waals surface area contributed by atoms with Crippen molar-refractivity contribution in [2.75, 3.05) is 12.8 Å². The molecule has 2 N–H and O–H groups in total. The normalized spacial score (nSPS) is 12.4. The van der Waals surface area contributed by atoms with Crippen LogP contribution in [0.2, 0.25) is 5.02 Å². The van der Waals surface area contributed by atoms with Crippen LogP contribution in [-0.2, 0) is 4.79 Å². The van der Waals surface area contributed by atoms with Gasteiger partial charge in [0.15, 0.2) is 0 Å². The quantitative estimate of drug-likeness (QED) is 0.771. The van der Waals surface area contributed by atoms with E-state index in [4.69, 9.17) is 16.7 Å². The van der Waals surface area contributed by atoms with Crippen LogP contribution >= 0.6 is 23.4 Å². The first-order valence-electron chi connectivity index (χ1n) is 4.28. The van der Waals surface area contributed by atoms with Gasteiger partial charge in [-0.2, -0.15) is 0 Å². The van der Waals surface area contributed by atoms with Gasteiger partial charge in [0.2, 0.25) is 0 Å². The molecule has 1 aromatic rings. The highest BCUT2D eigenvalue weighted by Gasteiger charge is 2.15. The largest absolute Gasteiger partial charge is 0.480 e. The van der Waals surface area contributed by atoms with Crippen LogP contribution in [0.3, 0.4) is 0 Å². The van der Waals surface area contributed by atoms with Gasteiger partial charge in [-0.1, -0.05) is 11.6 Å². The van der Waals surface area contributed by atoms with E-state index in [2.05, 4.69) is 10.3 Å². The van der Waals surface area contributed by atoms with E-state index in [0.29, 0.717) is 15.8 Å². The third kappa shape index (κ3) is 3.70. The zero-order valence-electron chi connectivity index (χ0n) is 8.11. The first-order chi connectivity index (χ1) is 7.15. The average molecular weight is 247 g/mol. The molecular weight excluding hydrogens is 236 g/mol. The van der Waals surface area contributed by atoms with Gasteiger partial charge >= 0.3 is 5.97 Å². The number of nitrogens with zero attached hydrogens (tertiary/aromatic N) is 1. The summed E-state index contributed by atoms with van der Waals surface area (Å²) in [5.74, 6) is -0.486. The van der Waals surface area contributed by atoms with Crippen molar-refractivity contribution in [3.8, 4) is 0 Å². The van der Waals surface area contributed by atoms with Crippen LogP contribution in [0, 0.1) is 0 Å². The van der Waals surface area contributed by atoms with Gasteiger partial charge < -0.3 is 10.4 Å². The number of thioether (sulfide) groups is 1. The number of halogens is 1. The molecule has 0 saturated heterocycles. The van der Waals surface area contributed by atoms with Crippen LogP contribution in [-0.4, -0.2) is 34.9 Å². The number of nitrogens with one attached hydrogen (secondary N) is 1. The molecule has 1 aromatic heterocycles. The zero-order chi connectivity index (χ0) is 11.3. The molecule has 82 valence electrons. The molecule has 0 aliphatic heterocycles. The molecule has 6 heteroatoms. The molecule has 0 radical (unpaired) electrons. The number of carboxylic acids is 1. The Balaban J connectivity index is 2.56. The fourth-order valence-corrected chi connectivity index (χ4v) is 2.18. The van der Waals surface area contributed by atoms with Crippen molar-refractivity contribution >= 4 is 29.3 Å². The first-order valence-corrected chi connectivity index (χ1v) is 5.65. The number of carboxylic acid groups (broad SMARTS) is 1. The summed E-state index contributed by atoms with van der Waals surface area (Å²) in [5, 5.41) is 12.7. The topological polar surface area (TPSA) is 62.2 Å². The molecule has 15 heavy (non-hydrogen) atoms. The Hall–Kier alpha value is -0.780. The number of aliphatic carboxylic acids is 1. The van der Waals surface area contributed by atoms with Gasteiger partial charge in [-0.3, -0.25) is 4.79 Å². The molecule has 0 amide bonds. The Kier molecular flexibility index (Phi) is 4.87. The van der Waals surface area contributed by atoms with Gasteiger partial charge in [0.05, 0.1) is 5.02 Å². The number of aromatic nitrogens is 1. The molecule has 0 aromatic carbocycles. The maximum absolute atomic E-state index is 10.7. The minimum absolute atomic E-state index is 0.391. The number of carbonyl (C=O) groups is 1. The van der Waals surface area contributed by atoms with Crippen LogP contribution in [0.1, 0.15) is 0 Å². The summed E-state index contributed by atoms with van der Waals surface area (Å²) in [7, 11) is 1.61. The Morgan fingerprint density at radius 1 is 1.80 bits per heavy atom. The smallest absolute Gasteiger partial charge is 0.321 e. The average Bonchev–Trinajstić information content (AvgIpc) is 2.21. The van der Waals surface area contributed by atoms with Crippen molar-refractivity contribution in [2.45, 2.75) is 11.1 Å². The molecule has 1 unspecified atom stereocenters. The van der Waals surface area contributed by atoms with Gasteiger partial charge in [0.1, 0.15) is 11.1 Å².